The molecule has 0 bridgehead atoms. The molecule has 238 valence electrons. The van der Waals surface area contributed by atoms with E-state index in [1.165, 1.54) is 0 Å². The van der Waals surface area contributed by atoms with Gasteiger partial charge in [-0.2, -0.15) is 0 Å². The fourth-order valence-electron chi connectivity index (χ4n) is 6.33. The van der Waals surface area contributed by atoms with E-state index >= 15 is 0 Å². The van der Waals surface area contributed by atoms with Gasteiger partial charge in [0.2, 0.25) is 17.6 Å². The minimum absolute atomic E-state index is 0.0827. The van der Waals surface area contributed by atoms with Crippen molar-refractivity contribution in [2.45, 2.75) is 112 Å². The van der Waals surface area contributed by atoms with E-state index in [9.17, 15) is 24.0 Å². The number of hydrogen-bond donors (Lipinski definition) is 5. The van der Waals surface area contributed by atoms with E-state index in [2.05, 4.69) is 42.0 Å². The lowest BCUT2D eigenvalue weighted by molar-refractivity contribution is -0.145. The predicted octanol–water partition coefficient (Wildman–Crippen LogP) is 1.94. The molecule has 3 fully saturated rings. The molecule has 3 rings (SSSR count). The van der Waals surface area contributed by atoms with E-state index in [1.807, 2.05) is 34.6 Å². The van der Waals surface area contributed by atoms with E-state index in [0.717, 1.165) is 32.2 Å². The van der Waals surface area contributed by atoms with Gasteiger partial charge in [0.15, 0.2) is 0 Å². The second kappa shape index (κ2) is 13.3. The van der Waals surface area contributed by atoms with Gasteiger partial charge in [0, 0.05) is 19.1 Å². The Morgan fingerprint density at radius 1 is 1.02 bits per heavy atom. The maximum atomic E-state index is 14.1. The highest BCUT2D eigenvalue weighted by molar-refractivity contribution is 6.37. The maximum absolute atomic E-state index is 14.1. The number of carbonyl (C=O) groups is 5. The molecule has 2 unspecified atom stereocenters. The van der Waals surface area contributed by atoms with Gasteiger partial charge in [0.25, 0.3) is 5.91 Å². The van der Waals surface area contributed by atoms with Crippen LogP contribution in [0.25, 0.3) is 0 Å². The van der Waals surface area contributed by atoms with Crippen LogP contribution in [0.2, 0.25) is 0 Å². The number of nitrogens with two attached hydrogens (primary N) is 1. The van der Waals surface area contributed by atoms with Crippen molar-refractivity contribution in [1.29, 1.82) is 0 Å². The number of hydrogen-bond acceptors (Lipinski definition) is 6. The molecular formula is C31H54N6O5. The smallest absolute Gasteiger partial charge is 0.315 e. The van der Waals surface area contributed by atoms with Crippen molar-refractivity contribution >= 4 is 29.5 Å². The zero-order valence-electron chi connectivity index (χ0n) is 26.8. The van der Waals surface area contributed by atoms with Crippen molar-refractivity contribution < 1.29 is 24.0 Å². The summed E-state index contributed by atoms with van der Waals surface area (Å²) in [7, 11) is 0. The summed E-state index contributed by atoms with van der Waals surface area (Å²) in [6.07, 6.45) is 4.39. The Balaban J connectivity index is 1.76. The zero-order chi connectivity index (χ0) is 31.6. The Labute approximate surface area is 251 Å². The molecule has 2 saturated carbocycles. The van der Waals surface area contributed by atoms with Crippen molar-refractivity contribution in [3.8, 4) is 0 Å². The number of Topliss-reactive ketones (excluding diaryl/α,β-unsaturated/α-hetero) is 1. The fourth-order valence-corrected chi connectivity index (χ4v) is 6.33. The maximum Gasteiger partial charge on any atom is 0.315 e. The van der Waals surface area contributed by atoms with Crippen LogP contribution in [0.15, 0.2) is 0 Å². The van der Waals surface area contributed by atoms with Gasteiger partial charge in [-0.15, -0.1) is 0 Å². The van der Waals surface area contributed by atoms with Gasteiger partial charge in [-0.25, -0.2) is 4.79 Å². The number of amides is 5. The monoisotopic (exact) mass is 590 g/mol. The average molecular weight is 591 g/mol. The summed E-state index contributed by atoms with van der Waals surface area (Å²) in [5, 5.41) is 12.1. The zero-order valence-corrected chi connectivity index (χ0v) is 26.8. The second-order valence-corrected chi connectivity index (χ2v) is 14.7. The summed E-state index contributed by atoms with van der Waals surface area (Å²) in [6, 6.07) is -3.24. The van der Waals surface area contributed by atoms with Gasteiger partial charge < -0.3 is 31.9 Å². The third-order valence-corrected chi connectivity index (χ3v) is 9.48. The summed E-state index contributed by atoms with van der Waals surface area (Å²) >= 11 is 0. The van der Waals surface area contributed by atoms with Crippen LogP contribution in [0.4, 0.5) is 4.79 Å². The van der Waals surface area contributed by atoms with Crippen molar-refractivity contribution in [3.63, 3.8) is 0 Å². The summed E-state index contributed by atoms with van der Waals surface area (Å²) < 4.78 is 0. The Bertz CT molecular complexity index is 1030. The van der Waals surface area contributed by atoms with Crippen LogP contribution in [0, 0.1) is 34.5 Å². The molecule has 6 atom stereocenters. The number of carbonyl (C=O) groups excluding carboxylic acids is 5. The lowest BCUT2D eigenvalue weighted by Gasteiger charge is -2.38. The predicted molar refractivity (Wildman–Crippen MR) is 161 cm³/mol. The largest absolute Gasteiger partial charge is 0.363 e. The first kappa shape index (κ1) is 33.8. The summed E-state index contributed by atoms with van der Waals surface area (Å²) in [6.45, 7) is 17.9. The third kappa shape index (κ3) is 8.02. The molecule has 0 aromatic heterocycles. The Hall–Kier alpha value is -2.69. The second-order valence-electron chi connectivity index (χ2n) is 14.7. The van der Waals surface area contributed by atoms with Crippen LogP contribution in [0.3, 0.4) is 0 Å². The molecule has 0 radical (unpaired) electrons. The van der Waals surface area contributed by atoms with Crippen LogP contribution in [0.1, 0.15) is 87.5 Å². The highest BCUT2D eigenvalue weighted by Gasteiger charge is 2.70. The van der Waals surface area contributed by atoms with E-state index < -0.39 is 47.2 Å². The first-order valence-corrected chi connectivity index (χ1v) is 15.7. The number of fused-ring (bicyclic) bond motifs is 1. The molecule has 11 heteroatoms. The number of likely N-dealkylation sites (tertiary alicyclic amines) is 1. The van der Waals surface area contributed by atoms with Crippen LogP contribution < -0.4 is 27.0 Å². The molecule has 0 spiro atoms. The number of nitrogens with zero attached hydrogens (tertiary/aromatic N) is 1. The number of nitrogens with one attached hydrogen (secondary N) is 4. The molecule has 5 amide bonds. The van der Waals surface area contributed by atoms with E-state index in [-0.39, 0.29) is 41.0 Å². The van der Waals surface area contributed by atoms with Crippen LogP contribution in [0.5, 0.6) is 0 Å². The lowest BCUT2D eigenvalue weighted by Crippen LogP contribution is -2.62. The number of ketones is 1. The summed E-state index contributed by atoms with van der Waals surface area (Å²) in [5.41, 5.74) is 4.51. The molecule has 42 heavy (non-hydrogen) atoms. The molecule has 0 aromatic carbocycles. The molecule has 11 nitrogen and oxygen atoms in total. The van der Waals surface area contributed by atoms with Crippen molar-refractivity contribution in [2.75, 3.05) is 19.6 Å². The minimum atomic E-state index is -1.08. The summed E-state index contributed by atoms with van der Waals surface area (Å²) in [4.78, 5) is 67.0. The highest BCUT2D eigenvalue weighted by atomic mass is 16.2. The van der Waals surface area contributed by atoms with Gasteiger partial charge in [0.05, 0.1) is 6.04 Å². The van der Waals surface area contributed by atoms with E-state index in [1.54, 1.807) is 4.90 Å². The SMILES string of the molecule is CCCCNC[C@@H](NC(=O)N[C@H](C(=O)N1CC2[C@@H]([C@H]1C(=O)NC(CC1CC1)C(=O)C(N)=O)C2(C)C)C(C)(C)C)C(C)C. The molecule has 1 saturated heterocycles. The summed E-state index contributed by atoms with van der Waals surface area (Å²) in [5.74, 6) is -2.17. The molecule has 3 aliphatic rings. The van der Waals surface area contributed by atoms with Crippen LogP contribution in [-0.4, -0.2) is 78.2 Å². The normalized spacial score (nSPS) is 24.8. The van der Waals surface area contributed by atoms with Crippen molar-refractivity contribution in [1.82, 2.24) is 26.2 Å². The first-order valence-electron chi connectivity index (χ1n) is 15.7. The van der Waals surface area contributed by atoms with Gasteiger partial charge in [-0.05, 0) is 53.9 Å². The molecule has 2 aliphatic carbocycles. The van der Waals surface area contributed by atoms with E-state index in [4.69, 9.17) is 5.73 Å². The van der Waals surface area contributed by atoms with Gasteiger partial charge in [0.1, 0.15) is 12.1 Å². The van der Waals surface area contributed by atoms with Gasteiger partial charge in [-0.1, -0.05) is 74.7 Å². The number of piperidine rings is 1. The fraction of sp³-hybridized carbons (Fsp3) is 0.839. The molecule has 1 aliphatic heterocycles. The van der Waals surface area contributed by atoms with Gasteiger partial charge >= 0.3 is 6.03 Å². The lowest BCUT2D eigenvalue weighted by atomic mass is 9.85. The number of rotatable bonds is 15. The number of primary amides is 1. The molecule has 1 heterocycles. The third-order valence-electron chi connectivity index (χ3n) is 9.48. The first-order chi connectivity index (χ1) is 19.5. The minimum Gasteiger partial charge on any atom is -0.363 e. The standard InChI is InChI=1S/C31H54N6O5/c1-9-10-13-33-15-21(17(2)3)35-29(42)36-25(30(4,5)6)28(41)37-16-19-22(31(19,7)8)23(37)27(40)34-20(14-18-11-12-18)24(38)26(32)39/h17-23,25,33H,9-16H2,1-8H3,(H2,32,39)(H,34,40)(H2,35,36,42)/t19?,20?,21-,22+,23+,25-/m1/s1. The van der Waals surface area contributed by atoms with E-state index in [0.29, 0.717) is 19.5 Å². The number of urea groups is 1. The van der Waals surface area contributed by atoms with Crippen LogP contribution >= 0.6 is 0 Å². The Morgan fingerprint density at radius 2 is 1.67 bits per heavy atom. The highest BCUT2D eigenvalue weighted by Crippen LogP contribution is 2.65. The number of unbranched alkanes of at least 4 members (excludes halogenated alkanes) is 1. The topological polar surface area (TPSA) is 163 Å². The van der Waals surface area contributed by atoms with Gasteiger partial charge in [-0.3, -0.25) is 19.2 Å². The molecular weight excluding hydrogens is 536 g/mol. The van der Waals surface area contributed by atoms with Crippen molar-refractivity contribution in [3.05, 3.63) is 0 Å². The molecule has 0 aromatic rings. The average Bonchev–Trinajstić information content (AvgIpc) is 3.74. The van der Waals surface area contributed by atoms with Crippen molar-refractivity contribution in [2.24, 2.45) is 40.2 Å². The Kier molecular flexibility index (Phi) is 10.7. The van der Waals surface area contributed by atoms with Crippen LogP contribution in [-0.2, 0) is 19.2 Å². The quantitative estimate of drug-likeness (QED) is 0.145. The molecule has 6 N–H and O–H groups in total. The Morgan fingerprint density at radius 3 is 2.19 bits per heavy atom.